The number of unbranched alkanes of at least 4 members (excludes halogenated alkanes) is 1. The van der Waals surface area contributed by atoms with Gasteiger partial charge >= 0.3 is 0 Å². The van der Waals surface area contributed by atoms with Crippen molar-refractivity contribution < 1.29 is 4.79 Å². The van der Waals surface area contributed by atoms with Crippen LogP contribution < -0.4 is 0 Å². The van der Waals surface area contributed by atoms with Gasteiger partial charge in [0, 0.05) is 24.4 Å². The molecule has 0 saturated heterocycles. The molecular weight excluding hydrogens is 258 g/mol. The lowest BCUT2D eigenvalue weighted by Crippen LogP contribution is -2.44. The second kappa shape index (κ2) is 8.14. The third kappa shape index (κ3) is 4.66. The summed E-state index contributed by atoms with van der Waals surface area (Å²) in [5.74, 6) is 1.52. The number of amides is 1. The minimum Gasteiger partial charge on any atom is -0.341 e. The summed E-state index contributed by atoms with van der Waals surface area (Å²) in [6.07, 6.45) is 7.83. The average molecular weight is 288 g/mol. The monoisotopic (exact) mass is 287 g/mol. The highest BCUT2D eigenvalue weighted by Crippen LogP contribution is 2.44. The number of halogens is 1. The lowest BCUT2D eigenvalue weighted by atomic mass is 9.77. The van der Waals surface area contributed by atoms with Crippen LogP contribution >= 0.6 is 11.6 Å². The van der Waals surface area contributed by atoms with Gasteiger partial charge in [-0.05, 0) is 31.6 Å². The zero-order valence-corrected chi connectivity index (χ0v) is 13.6. The Kier molecular flexibility index (Phi) is 7.20. The van der Waals surface area contributed by atoms with Crippen molar-refractivity contribution in [3.05, 3.63) is 0 Å². The molecule has 1 rings (SSSR count). The molecule has 19 heavy (non-hydrogen) atoms. The summed E-state index contributed by atoms with van der Waals surface area (Å²) in [5.41, 5.74) is -0.0754. The van der Waals surface area contributed by atoms with Crippen molar-refractivity contribution in [1.29, 1.82) is 0 Å². The molecule has 112 valence electrons. The molecule has 1 saturated carbocycles. The summed E-state index contributed by atoms with van der Waals surface area (Å²) in [6.45, 7) is 8.21. The molecule has 0 aromatic rings. The molecule has 1 amide bonds. The maximum atomic E-state index is 13.0. The van der Waals surface area contributed by atoms with E-state index >= 15 is 0 Å². The maximum absolute atomic E-state index is 13.0. The van der Waals surface area contributed by atoms with Crippen LogP contribution in [0.1, 0.15) is 65.7 Å². The van der Waals surface area contributed by atoms with Gasteiger partial charge in [0.05, 0.1) is 0 Å². The van der Waals surface area contributed by atoms with Gasteiger partial charge in [0.15, 0.2) is 0 Å². The Balaban J connectivity index is 2.77. The van der Waals surface area contributed by atoms with Gasteiger partial charge in [-0.25, -0.2) is 0 Å². The van der Waals surface area contributed by atoms with Crippen LogP contribution in [0, 0.1) is 11.3 Å². The number of carbonyl (C=O) groups excluding carboxylic acids is 1. The second-order valence-corrected chi connectivity index (χ2v) is 6.80. The topological polar surface area (TPSA) is 20.3 Å². The van der Waals surface area contributed by atoms with Gasteiger partial charge in [-0.2, -0.15) is 0 Å². The lowest BCUT2D eigenvalue weighted by molar-refractivity contribution is -0.142. The minimum absolute atomic E-state index is 0.0754. The van der Waals surface area contributed by atoms with Crippen LogP contribution in [0.5, 0.6) is 0 Å². The first-order valence-corrected chi connectivity index (χ1v) is 8.44. The summed E-state index contributed by atoms with van der Waals surface area (Å²) in [4.78, 5) is 15.0. The Hall–Kier alpha value is -0.240. The molecule has 0 aromatic heterocycles. The Morgan fingerprint density at radius 3 is 2.37 bits per heavy atom. The third-order valence-electron chi connectivity index (χ3n) is 4.24. The number of hydrogen-bond donors (Lipinski definition) is 0. The van der Waals surface area contributed by atoms with Crippen molar-refractivity contribution in [1.82, 2.24) is 4.90 Å². The maximum Gasteiger partial charge on any atom is 0.228 e. The van der Waals surface area contributed by atoms with E-state index in [9.17, 15) is 4.79 Å². The van der Waals surface area contributed by atoms with E-state index in [0.29, 0.717) is 24.2 Å². The lowest BCUT2D eigenvalue weighted by Gasteiger charge is -2.35. The van der Waals surface area contributed by atoms with E-state index in [4.69, 9.17) is 11.6 Å². The molecule has 1 aliphatic rings. The van der Waals surface area contributed by atoms with E-state index in [1.807, 2.05) is 4.90 Å². The predicted molar refractivity (Wildman–Crippen MR) is 82.6 cm³/mol. The number of rotatable bonds is 8. The Morgan fingerprint density at radius 2 is 1.89 bits per heavy atom. The fraction of sp³-hybridized carbons (Fsp3) is 0.938. The van der Waals surface area contributed by atoms with Crippen LogP contribution in [-0.2, 0) is 4.79 Å². The zero-order chi connectivity index (χ0) is 14.3. The molecule has 0 N–H and O–H groups in total. The molecule has 0 aromatic carbocycles. The van der Waals surface area contributed by atoms with Crippen LogP contribution in [0.3, 0.4) is 0 Å². The highest BCUT2D eigenvalue weighted by atomic mass is 35.5. The molecule has 1 aliphatic carbocycles. The third-order valence-corrected chi connectivity index (χ3v) is 4.41. The van der Waals surface area contributed by atoms with E-state index in [-0.39, 0.29) is 5.41 Å². The van der Waals surface area contributed by atoms with E-state index in [1.165, 1.54) is 12.8 Å². The fourth-order valence-electron chi connectivity index (χ4n) is 3.44. The summed E-state index contributed by atoms with van der Waals surface area (Å²) < 4.78 is 0. The van der Waals surface area contributed by atoms with Gasteiger partial charge < -0.3 is 4.90 Å². The minimum atomic E-state index is -0.0754. The standard InChI is InChI=1S/C16H30ClNO/c1-4-5-11-18(12-10-17)15(19)16(13-14(2)3)8-6-7-9-16/h14H,4-13H2,1-3H3. The van der Waals surface area contributed by atoms with Gasteiger partial charge in [-0.15, -0.1) is 11.6 Å². The first-order valence-electron chi connectivity index (χ1n) is 7.91. The van der Waals surface area contributed by atoms with Crippen molar-refractivity contribution in [3.8, 4) is 0 Å². The Morgan fingerprint density at radius 1 is 1.26 bits per heavy atom. The first-order chi connectivity index (χ1) is 9.05. The van der Waals surface area contributed by atoms with Gasteiger partial charge in [0.1, 0.15) is 0 Å². The van der Waals surface area contributed by atoms with E-state index in [1.54, 1.807) is 0 Å². The average Bonchev–Trinajstić information content (AvgIpc) is 2.82. The fourth-order valence-corrected chi connectivity index (χ4v) is 3.64. The molecule has 1 fully saturated rings. The molecule has 0 atom stereocenters. The Labute approximate surface area is 123 Å². The smallest absolute Gasteiger partial charge is 0.228 e. The van der Waals surface area contributed by atoms with Crippen molar-refractivity contribution >= 4 is 17.5 Å². The van der Waals surface area contributed by atoms with Crippen LogP contribution in [0.25, 0.3) is 0 Å². The van der Waals surface area contributed by atoms with Gasteiger partial charge in [-0.1, -0.05) is 40.0 Å². The highest BCUT2D eigenvalue weighted by Gasteiger charge is 2.43. The molecule has 0 aliphatic heterocycles. The second-order valence-electron chi connectivity index (χ2n) is 6.42. The number of hydrogen-bond acceptors (Lipinski definition) is 1. The van der Waals surface area contributed by atoms with Crippen molar-refractivity contribution in [3.63, 3.8) is 0 Å². The molecular formula is C16H30ClNO. The highest BCUT2D eigenvalue weighted by molar-refractivity contribution is 6.18. The summed E-state index contributed by atoms with van der Waals surface area (Å²) in [7, 11) is 0. The largest absolute Gasteiger partial charge is 0.341 e. The summed E-state index contributed by atoms with van der Waals surface area (Å²) in [6, 6.07) is 0. The van der Waals surface area contributed by atoms with E-state index in [2.05, 4.69) is 20.8 Å². The van der Waals surface area contributed by atoms with Crippen molar-refractivity contribution in [2.24, 2.45) is 11.3 Å². The van der Waals surface area contributed by atoms with E-state index in [0.717, 1.165) is 38.6 Å². The summed E-state index contributed by atoms with van der Waals surface area (Å²) in [5, 5.41) is 0. The molecule has 2 nitrogen and oxygen atoms in total. The predicted octanol–water partition coefficient (Wildman–Crippen LogP) is 4.46. The molecule has 0 spiro atoms. The normalized spacial score (nSPS) is 17.9. The molecule has 0 radical (unpaired) electrons. The number of alkyl halides is 1. The molecule has 0 unspecified atom stereocenters. The number of carbonyl (C=O) groups is 1. The van der Waals surface area contributed by atoms with Crippen LogP contribution in [0.15, 0.2) is 0 Å². The molecule has 0 bridgehead atoms. The summed E-state index contributed by atoms with van der Waals surface area (Å²) >= 11 is 5.88. The molecule has 0 heterocycles. The van der Waals surface area contributed by atoms with Gasteiger partial charge in [-0.3, -0.25) is 4.79 Å². The first kappa shape index (κ1) is 16.8. The van der Waals surface area contributed by atoms with Gasteiger partial charge in [0.2, 0.25) is 5.91 Å². The molecule has 3 heteroatoms. The van der Waals surface area contributed by atoms with Crippen molar-refractivity contribution in [2.75, 3.05) is 19.0 Å². The van der Waals surface area contributed by atoms with Crippen LogP contribution in [0.2, 0.25) is 0 Å². The van der Waals surface area contributed by atoms with Crippen LogP contribution in [-0.4, -0.2) is 29.8 Å². The quantitative estimate of drug-likeness (QED) is 0.604. The zero-order valence-electron chi connectivity index (χ0n) is 12.9. The van der Waals surface area contributed by atoms with Crippen molar-refractivity contribution in [2.45, 2.75) is 65.7 Å². The SMILES string of the molecule is CCCCN(CCCl)C(=O)C1(CC(C)C)CCCC1. The number of nitrogens with zero attached hydrogens (tertiary/aromatic N) is 1. The van der Waals surface area contributed by atoms with Crippen LogP contribution in [0.4, 0.5) is 0 Å². The Bertz CT molecular complexity index is 272. The van der Waals surface area contributed by atoms with E-state index < -0.39 is 0 Å². The van der Waals surface area contributed by atoms with Gasteiger partial charge in [0.25, 0.3) is 0 Å².